The van der Waals surface area contributed by atoms with E-state index in [9.17, 15) is 13.6 Å². The Balaban J connectivity index is 2.23. The largest absolute Gasteiger partial charge is 0.325 e. The van der Waals surface area contributed by atoms with E-state index in [0.29, 0.717) is 11.4 Å². The van der Waals surface area contributed by atoms with Gasteiger partial charge in [-0.3, -0.25) is 9.89 Å². The van der Waals surface area contributed by atoms with Crippen LogP contribution in [0, 0.1) is 25.6 Å². The van der Waals surface area contributed by atoms with E-state index in [2.05, 4.69) is 27.1 Å². The van der Waals surface area contributed by atoms with Gasteiger partial charge < -0.3 is 11.1 Å². The van der Waals surface area contributed by atoms with Crippen molar-refractivity contribution in [2.45, 2.75) is 31.1 Å². The molecule has 26 heavy (non-hydrogen) atoms. The normalized spacial score (nSPS) is 12.3. The lowest BCUT2D eigenvalue weighted by atomic mass is 10.0. The molecule has 0 aromatic carbocycles. The Bertz CT molecular complexity index is 811. The van der Waals surface area contributed by atoms with Crippen LogP contribution in [0.25, 0.3) is 11.1 Å². The molecule has 0 radical (unpaired) electrons. The van der Waals surface area contributed by atoms with E-state index >= 15 is 0 Å². The topological polar surface area (TPSA) is 96.7 Å². The van der Waals surface area contributed by atoms with Crippen LogP contribution in [0.1, 0.15) is 17.8 Å². The number of aromatic amines is 1. The van der Waals surface area contributed by atoms with E-state index in [4.69, 9.17) is 28.9 Å². The minimum absolute atomic E-state index is 0.0138. The number of halogens is 4. The molecule has 2 aromatic rings. The Labute approximate surface area is 158 Å². The number of anilines is 1. The molecule has 4 N–H and O–H groups in total. The van der Waals surface area contributed by atoms with Crippen molar-refractivity contribution in [3.63, 3.8) is 0 Å². The number of hydrogen-bond donors (Lipinski definition) is 3. The molecule has 6 nitrogen and oxygen atoms in total. The maximum atomic E-state index is 14.5. The van der Waals surface area contributed by atoms with Crippen molar-refractivity contribution in [3.05, 3.63) is 41.4 Å². The molecule has 2 heterocycles. The quantitative estimate of drug-likeness (QED) is 0.391. The van der Waals surface area contributed by atoms with Crippen molar-refractivity contribution in [1.29, 1.82) is 0 Å². The monoisotopic (exact) mass is 403 g/mol. The number of carbonyl (C=O) groups excluding carboxylic acids is 1. The van der Waals surface area contributed by atoms with Gasteiger partial charge in [-0.05, 0) is 20.3 Å². The molecule has 2 rings (SSSR count). The van der Waals surface area contributed by atoms with E-state index in [0.717, 1.165) is 6.07 Å². The van der Waals surface area contributed by atoms with Crippen LogP contribution in [0.15, 0.2) is 18.2 Å². The number of carbonyl (C=O) groups is 1. The molecule has 2 aromatic heterocycles. The standard InChI is InChI=1S/C16H17Cl2F2N5O/c1-6(4-10(21)14(17)18)16(26)23-11-5-9(19)13(15(20)22-11)12-7(2)24-25-8(12)3/h5,10,14H,1,4,21H2,2-3H3,(H,24,25)(H,22,23,26)/t10-/m0/s1. The predicted octanol–water partition coefficient (Wildman–Crippen LogP) is 3.38. The van der Waals surface area contributed by atoms with Gasteiger partial charge in [0.15, 0.2) is 0 Å². The third kappa shape index (κ3) is 4.38. The minimum Gasteiger partial charge on any atom is -0.325 e. The lowest BCUT2D eigenvalue weighted by Crippen LogP contribution is -2.30. The smallest absolute Gasteiger partial charge is 0.252 e. The van der Waals surface area contributed by atoms with Gasteiger partial charge in [0, 0.05) is 28.9 Å². The number of amides is 1. The van der Waals surface area contributed by atoms with Gasteiger partial charge in [0.05, 0.1) is 11.3 Å². The zero-order chi connectivity index (χ0) is 19.6. The van der Waals surface area contributed by atoms with Gasteiger partial charge in [-0.1, -0.05) is 6.58 Å². The maximum Gasteiger partial charge on any atom is 0.252 e. The van der Waals surface area contributed by atoms with E-state index in [1.54, 1.807) is 13.8 Å². The average Bonchev–Trinajstić information content (AvgIpc) is 2.86. The van der Waals surface area contributed by atoms with E-state index in [-0.39, 0.29) is 28.9 Å². The summed E-state index contributed by atoms with van der Waals surface area (Å²) in [6.07, 6.45) is 0.0138. The highest BCUT2D eigenvalue weighted by Crippen LogP contribution is 2.31. The van der Waals surface area contributed by atoms with Gasteiger partial charge in [0.2, 0.25) is 5.95 Å². The summed E-state index contributed by atoms with van der Waals surface area (Å²) in [5.74, 6) is -2.94. The van der Waals surface area contributed by atoms with Crippen LogP contribution in [-0.2, 0) is 4.79 Å². The fourth-order valence-electron chi connectivity index (χ4n) is 2.36. The molecule has 0 aliphatic heterocycles. The summed E-state index contributed by atoms with van der Waals surface area (Å²) in [6.45, 7) is 6.81. The van der Waals surface area contributed by atoms with Gasteiger partial charge >= 0.3 is 0 Å². The van der Waals surface area contributed by atoms with E-state index in [1.807, 2.05) is 0 Å². The second kappa shape index (κ2) is 8.11. The summed E-state index contributed by atoms with van der Waals surface area (Å²) >= 11 is 11.2. The average molecular weight is 404 g/mol. The van der Waals surface area contributed by atoms with Crippen LogP contribution in [0.3, 0.4) is 0 Å². The van der Waals surface area contributed by atoms with Gasteiger partial charge in [-0.2, -0.15) is 9.49 Å². The SMILES string of the molecule is C=C(C[C@H](N)C(Cl)Cl)C(=O)Nc1cc(F)c(-c2c(C)n[nH]c2C)c(F)n1. The van der Waals surface area contributed by atoms with Crippen molar-refractivity contribution >= 4 is 34.9 Å². The van der Waals surface area contributed by atoms with Crippen molar-refractivity contribution in [3.8, 4) is 11.1 Å². The number of nitrogens with one attached hydrogen (secondary N) is 2. The molecule has 0 spiro atoms. The van der Waals surface area contributed by atoms with E-state index in [1.165, 1.54) is 0 Å². The molecule has 0 unspecified atom stereocenters. The number of hydrogen-bond acceptors (Lipinski definition) is 4. The van der Waals surface area contributed by atoms with Crippen LogP contribution in [0.2, 0.25) is 0 Å². The third-order valence-electron chi connectivity index (χ3n) is 3.67. The summed E-state index contributed by atoms with van der Waals surface area (Å²) in [4.78, 5) is 14.8. The van der Waals surface area contributed by atoms with Crippen molar-refractivity contribution in [2.24, 2.45) is 5.73 Å². The lowest BCUT2D eigenvalue weighted by Gasteiger charge is -2.14. The second-order valence-corrected chi connectivity index (χ2v) is 6.89. The Morgan fingerprint density at radius 3 is 2.54 bits per heavy atom. The van der Waals surface area contributed by atoms with Gasteiger partial charge in [0.1, 0.15) is 16.5 Å². The minimum atomic E-state index is -1.07. The molecule has 1 amide bonds. The molecule has 0 fully saturated rings. The first-order valence-corrected chi connectivity index (χ1v) is 8.40. The van der Waals surface area contributed by atoms with Crippen LogP contribution < -0.4 is 11.1 Å². The highest BCUT2D eigenvalue weighted by molar-refractivity contribution is 6.44. The van der Waals surface area contributed by atoms with Crippen molar-refractivity contribution in [1.82, 2.24) is 15.2 Å². The summed E-state index contributed by atoms with van der Waals surface area (Å²) in [5, 5.41) is 8.84. The number of pyridine rings is 1. The predicted molar refractivity (Wildman–Crippen MR) is 97.1 cm³/mol. The zero-order valence-corrected chi connectivity index (χ0v) is 15.6. The summed E-state index contributed by atoms with van der Waals surface area (Å²) < 4.78 is 28.8. The number of nitrogens with zero attached hydrogens (tertiary/aromatic N) is 2. The Kier molecular flexibility index (Phi) is 6.33. The van der Waals surface area contributed by atoms with Crippen LogP contribution >= 0.6 is 23.2 Å². The summed E-state index contributed by atoms with van der Waals surface area (Å²) in [5.41, 5.74) is 6.60. The summed E-state index contributed by atoms with van der Waals surface area (Å²) in [7, 11) is 0. The molecule has 1 atom stereocenters. The fraction of sp³-hybridized carbons (Fsp3) is 0.312. The van der Waals surface area contributed by atoms with Crippen LogP contribution in [-0.4, -0.2) is 32.0 Å². The summed E-state index contributed by atoms with van der Waals surface area (Å²) in [6, 6.07) is 0.217. The number of H-pyrrole nitrogens is 1. The van der Waals surface area contributed by atoms with Crippen LogP contribution in [0.4, 0.5) is 14.6 Å². The number of rotatable bonds is 6. The number of aryl methyl sites for hydroxylation is 2. The molecule has 0 aliphatic rings. The van der Waals surface area contributed by atoms with Gasteiger partial charge in [0.25, 0.3) is 5.91 Å². The van der Waals surface area contributed by atoms with Gasteiger partial charge in [-0.25, -0.2) is 9.37 Å². The molecule has 0 saturated carbocycles. The molecular weight excluding hydrogens is 387 g/mol. The third-order valence-corrected chi connectivity index (χ3v) is 4.32. The lowest BCUT2D eigenvalue weighted by molar-refractivity contribution is -0.113. The second-order valence-electron chi connectivity index (χ2n) is 5.72. The number of alkyl halides is 2. The molecular formula is C16H17Cl2F2N5O. The van der Waals surface area contributed by atoms with E-state index < -0.39 is 28.6 Å². The highest BCUT2D eigenvalue weighted by atomic mass is 35.5. The molecule has 10 heteroatoms. The first-order valence-electron chi connectivity index (χ1n) is 7.52. The first-order chi connectivity index (χ1) is 12.1. The van der Waals surface area contributed by atoms with Crippen LogP contribution in [0.5, 0.6) is 0 Å². The Hall–Kier alpha value is -2.03. The zero-order valence-electron chi connectivity index (χ0n) is 14.0. The number of aromatic nitrogens is 3. The fourth-order valence-corrected chi connectivity index (χ4v) is 2.54. The molecule has 0 saturated heterocycles. The first kappa shape index (κ1) is 20.3. The van der Waals surface area contributed by atoms with Crippen molar-refractivity contribution < 1.29 is 13.6 Å². The molecule has 0 aliphatic carbocycles. The maximum absolute atomic E-state index is 14.5. The van der Waals surface area contributed by atoms with Gasteiger partial charge in [-0.15, -0.1) is 23.2 Å². The Morgan fingerprint density at radius 2 is 2.04 bits per heavy atom. The molecule has 140 valence electrons. The van der Waals surface area contributed by atoms with Crippen molar-refractivity contribution in [2.75, 3.05) is 5.32 Å². The highest BCUT2D eigenvalue weighted by Gasteiger charge is 2.22. The molecule has 0 bridgehead atoms. The number of nitrogens with two attached hydrogens (primary N) is 1. The Morgan fingerprint density at radius 1 is 1.38 bits per heavy atom.